The normalized spacial score (nSPS) is 10.3. The minimum absolute atomic E-state index is 0.273. The van der Waals surface area contributed by atoms with Crippen molar-refractivity contribution in [3.63, 3.8) is 0 Å². The number of ether oxygens (including phenoxy) is 1. The zero-order valence-electron chi connectivity index (χ0n) is 8.53. The molecule has 2 aromatic rings. The van der Waals surface area contributed by atoms with Crippen LogP contribution < -0.4 is 4.74 Å². The summed E-state index contributed by atoms with van der Waals surface area (Å²) in [6.45, 7) is 0. The first-order valence-corrected chi connectivity index (χ1v) is 6.98. The number of hydrogen-bond donors (Lipinski definition) is 0. The summed E-state index contributed by atoms with van der Waals surface area (Å²) in [5.41, 5.74) is 0.984. The summed E-state index contributed by atoms with van der Waals surface area (Å²) >= 11 is 12.7. The Labute approximate surface area is 120 Å². The Morgan fingerprint density at radius 2 is 1.94 bits per heavy atom. The third-order valence-corrected chi connectivity index (χ3v) is 3.38. The molecule has 6 heteroatoms. The van der Waals surface area contributed by atoms with Crippen LogP contribution in [0, 0.1) is 0 Å². The van der Waals surface area contributed by atoms with Gasteiger partial charge in [-0.05, 0) is 23.8 Å². The van der Waals surface area contributed by atoms with Crippen LogP contribution in [0.2, 0.25) is 5.02 Å². The van der Waals surface area contributed by atoms with Gasteiger partial charge >= 0.3 is 6.01 Å². The van der Waals surface area contributed by atoms with Gasteiger partial charge in [0.15, 0.2) is 5.75 Å². The summed E-state index contributed by atoms with van der Waals surface area (Å²) in [6, 6.07) is 5.62. The fourth-order valence-corrected chi connectivity index (χ4v) is 1.90. The summed E-state index contributed by atoms with van der Waals surface area (Å²) in [7, 11) is 0. The average Bonchev–Trinajstić information content (AvgIpc) is 2.35. The van der Waals surface area contributed by atoms with Gasteiger partial charge in [0.1, 0.15) is 0 Å². The molecule has 0 radical (unpaired) electrons. The summed E-state index contributed by atoms with van der Waals surface area (Å²) in [4.78, 5) is 8.16. The molecule has 17 heavy (non-hydrogen) atoms. The molecule has 0 saturated heterocycles. The predicted octanol–water partition coefficient (Wildman–Crippen LogP) is 4.58. The van der Waals surface area contributed by atoms with Crippen LogP contribution in [0.3, 0.4) is 0 Å². The molecule has 0 aliphatic carbocycles. The average molecular weight is 378 g/mol. The lowest BCUT2D eigenvalue weighted by atomic mass is 10.3. The highest BCUT2D eigenvalue weighted by atomic mass is 79.9. The molecule has 0 spiro atoms. The molecule has 1 heterocycles. The highest BCUT2D eigenvalue weighted by Crippen LogP contribution is 2.30. The van der Waals surface area contributed by atoms with Crippen molar-refractivity contribution in [1.82, 2.24) is 9.97 Å². The number of nitrogens with zero attached hydrogens (tertiary/aromatic N) is 2. The van der Waals surface area contributed by atoms with E-state index in [9.17, 15) is 0 Å². The topological polar surface area (TPSA) is 35.0 Å². The van der Waals surface area contributed by atoms with Crippen LogP contribution in [-0.4, -0.2) is 9.97 Å². The van der Waals surface area contributed by atoms with Crippen LogP contribution in [0.25, 0.3) is 0 Å². The van der Waals surface area contributed by atoms with E-state index in [1.807, 2.05) is 6.07 Å². The lowest BCUT2D eigenvalue weighted by Crippen LogP contribution is -1.93. The van der Waals surface area contributed by atoms with E-state index < -0.39 is 0 Å². The van der Waals surface area contributed by atoms with Gasteiger partial charge in [0.2, 0.25) is 0 Å². The largest absolute Gasteiger partial charge is 0.423 e. The Balaban J connectivity index is 2.22. The van der Waals surface area contributed by atoms with E-state index in [0.717, 1.165) is 10.0 Å². The van der Waals surface area contributed by atoms with Crippen molar-refractivity contribution in [3.05, 3.63) is 45.7 Å². The molecular formula is C11H7Br2ClN2O. The lowest BCUT2D eigenvalue weighted by molar-refractivity contribution is 0.441. The van der Waals surface area contributed by atoms with Crippen LogP contribution in [0.15, 0.2) is 35.1 Å². The molecule has 1 aromatic carbocycles. The molecule has 1 aromatic heterocycles. The van der Waals surface area contributed by atoms with E-state index in [1.165, 1.54) is 0 Å². The van der Waals surface area contributed by atoms with E-state index in [0.29, 0.717) is 16.1 Å². The first-order valence-electron chi connectivity index (χ1n) is 4.69. The quantitative estimate of drug-likeness (QED) is 0.734. The molecule has 0 amide bonds. The molecule has 0 N–H and O–H groups in total. The molecular weight excluding hydrogens is 371 g/mol. The summed E-state index contributed by atoms with van der Waals surface area (Å²) in [5.74, 6) is 0.521. The Morgan fingerprint density at radius 3 is 2.59 bits per heavy atom. The Morgan fingerprint density at radius 1 is 1.24 bits per heavy atom. The Bertz CT molecular complexity index is 519. The number of rotatable bonds is 3. The highest BCUT2D eigenvalue weighted by molar-refractivity contribution is 9.10. The molecule has 2 rings (SSSR count). The zero-order chi connectivity index (χ0) is 12.3. The van der Waals surface area contributed by atoms with Crippen molar-refractivity contribution in [1.29, 1.82) is 0 Å². The van der Waals surface area contributed by atoms with E-state index >= 15 is 0 Å². The second kappa shape index (κ2) is 5.80. The number of aromatic nitrogens is 2. The van der Waals surface area contributed by atoms with E-state index in [1.54, 1.807) is 24.5 Å². The standard InChI is InChI=1S/C11H7Br2ClN2O/c12-4-7-5-15-11(16-6-7)17-10-3-8(13)1-2-9(10)14/h1-3,5-6H,4H2. The summed E-state index contributed by atoms with van der Waals surface area (Å²) in [5, 5.41) is 1.23. The van der Waals surface area contributed by atoms with Crippen molar-refractivity contribution in [2.24, 2.45) is 0 Å². The second-order valence-corrected chi connectivity index (χ2v) is 5.07. The van der Waals surface area contributed by atoms with Gasteiger partial charge < -0.3 is 4.74 Å². The molecule has 0 fully saturated rings. The minimum atomic E-state index is 0.273. The molecule has 88 valence electrons. The molecule has 0 unspecified atom stereocenters. The summed E-state index contributed by atoms with van der Waals surface area (Å²) in [6.07, 6.45) is 3.39. The maximum Gasteiger partial charge on any atom is 0.321 e. The van der Waals surface area contributed by atoms with Gasteiger partial charge in [-0.15, -0.1) is 0 Å². The monoisotopic (exact) mass is 376 g/mol. The molecule has 0 aliphatic heterocycles. The molecule has 0 aliphatic rings. The molecule has 3 nitrogen and oxygen atoms in total. The smallest absolute Gasteiger partial charge is 0.321 e. The van der Waals surface area contributed by atoms with Crippen molar-refractivity contribution < 1.29 is 4.74 Å². The van der Waals surface area contributed by atoms with E-state index in [4.69, 9.17) is 16.3 Å². The van der Waals surface area contributed by atoms with Crippen molar-refractivity contribution >= 4 is 43.5 Å². The zero-order valence-corrected chi connectivity index (χ0v) is 12.5. The fraction of sp³-hybridized carbons (Fsp3) is 0.0909. The first-order chi connectivity index (χ1) is 8.19. The van der Waals surface area contributed by atoms with Gasteiger partial charge in [-0.3, -0.25) is 0 Å². The molecule has 0 saturated carbocycles. The molecule has 0 bridgehead atoms. The Kier molecular flexibility index (Phi) is 4.36. The third kappa shape index (κ3) is 3.40. The number of alkyl halides is 1. The van der Waals surface area contributed by atoms with Gasteiger partial charge in [-0.2, -0.15) is 0 Å². The van der Waals surface area contributed by atoms with E-state index in [2.05, 4.69) is 41.8 Å². The summed E-state index contributed by atoms with van der Waals surface area (Å²) < 4.78 is 6.37. The second-order valence-electron chi connectivity index (χ2n) is 3.18. The maximum absolute atomic E-state index is 6.00. The van der Waals surface area contributed by atoms with Gasteiger partial charge in [0.05, 0.1) is 5.02 Å². The first kappa shape index (κ1) is 12.8. The van der Waals surface area contributed by atoms with Crippen LogP contribution in [0.1, 0.15) is 5.56 Å². The van der Waals surface area contributed by atoms with Crippen molar-refractivity contribution in [3.8, 4) is 11.8 Å². The van der Waals surface area contributed by atoms with Gasteiger partial charge in [-0.1, -0.05) is 43.5 Å². The van der Waals surface area contributed by atoms with Crippen LogP contribution in [-0.2, 0) is 5.33 Å². The lowest BCUT2D eigenvalue weighted by Gasteiger charge is -2.06. The van der Waals surface area contributed by atoms with E-state index in [-0.39, 0.29) is 6.01 Å². The highest BCUT2D eigenvalue weighted by Gasteiger charge is 2.05. The van der Waals surface area contributed by atoms with Crippen LogP contribution in [0.5, 0.6) is 11.8 Å². The van der Waals surface area contributed by atoms with Crippen molar-refractivity contribution in [2.45, 2.75) is 5.33 Å². The van der Waals surface area contributed by atoms with Gasteiger partial charge in [0.25, 0.3) is 0 Å². The Hall–Kier alpha value is -0.650. The third-order valence-electron chi connectivity index (χ3n) is 1.93. The fourth-order valence-electron chi connectivity index (χ4n) is 1.12. The minimum Gasteiger partial charge on any atom is -0.423 e. The maximum atomic E-state index is 6.00. The van der Waals surface area contributed by atoms with Gasteiger partial charge in [0, 0.05) is 22.2 Å². The van der Waals surface area contributed by atoms with Crippen LogP contribution >= 0.6 is 43.5 Å². The molecule has 0 atom stereocenters. The SMILES string of the molecule is Clc1ccc(Br)cc1Oc1ncc(CBr)cn1. The number of halogens is 3. The van der Waals surface area contributed by atoms with Crippen molar-refractivity contribution in [2.75, 3.05) is 0 Å². The van der Waals surface area contributed by atoms with Crippen LogP contribution in [0.4, 0.5) is 0 Å². The predicted molar refractivity (Wildman–Crippen MR) is 73.9 cm³/mol. The number of benzene rings is 1. The number of hydrogen-bond acceptors (Lipinski definition) is 3. The van der Waals surface area contributed by atoms with Gasteiger partial charge in [-0.25, -0.2) is 9.97 Å².